The summed E-state index contributed by atoms with van der Waals surface area (Å²) in [5, 5.41) is 0. The molecule has 92 valence electrons. The lowest BCUT2D eigenvalue weighted by Gasteiger charge is -2.09. The molecule has 0 fully saturated rings. The van der Waals surface area contributed by atoms with E-state index in [9.17, 15) is 4.79 Å². The topological polar surface area (TPSA) is 52.3 Å². The van der Waals surface area contributed by atoms with Gasteiger partial charge in [-0.25, -0.2) is 0 Å². The second-order valence-corrected chi connectivity index (χ2v) is 5.39. The number of benzene rings is 2. The molecule has 5 heteroatoms. The van der Waals surface area contributed by atoms with E-state index in [1.807, 2.05) is 12.1 Å². The molecule has 1 amide bonds. The van der Waals surface area contributed by atoms with Gasteiger partial charge in [-0.05, 0) is 42.5 Å². The largest absolute Gasteiger partial charge is 0.457 e. The van der Waals surface area contributed by atoms with Gasteiger partial charge in [-0.2, -0.15) is 0 Å². The maximum Gasteiger partial charge on any atom is 0.252 e. The second-order valence-electron chi connectivity index (χ2n) is 3.56. The summed E-state index contributed by atoms with van der Waals surface area (Å²) in [7, 11) is 0. The Morgan fingerprint density at radius 2 is 1.61 bits per heavy atom. The van der Waals surface area contributed by atoms with E-state index in [0.29, 0.717) is 17.1 Å². The number of hydrogen-bond donors (Lipinski definition) is 1. The SMILES string of the molecule is NC(=O)c1cc(Br)ccc1Oc1ccc(Br)cc1. The molecule has 2 rings (SSSR count). The van der Waals surface area contributed by atoms with Gasteiger partial charge in [0.05, 0.1) is 5.56 Å². The third-order valence-electron chi connectivity index (χ3n) is 2.25. The number of hydrogen-bond acceptors (Lipinski definition) is 2. The summed E-state index contributed by atoms with van der Waals surface area (Å²) in [4.78, 5) is 11.3. The van der Waals surface area contributed by atoms with E-state index >= 15 is 0 Å². The summed E-state index contributed by atoms with van der Waals surface area (Å²) in [5.41, 5.74) is 5.65. The van der Waals surface area contributed by atoms with Crippen molar-refractivity contribution in [3.63, 3.8) is 0 Å². The molecule has 18 heavy (non-hydrogen) atoms. The maximum atomic E-state index is 11.3. The molecule has 0 aromatic heterocycles. The van der Waals surface area contributed by atoms with E-state index in [2.05, 4.69) is 31.9 Å². The third-order valence-corrected chi connectivity index (χ3v) is 3.27. The molecule has 0 saturated carbocycles. The average molecular weight is 371 g/mol. The van der Waals surface area contributed by atoms with Crippen molar-refractivity contribution in [2.75, 3.05) is 0 Å². The van der Waals surface area contributed by atoms with Gasteiger partial charge in [0.2, 0.25) is 0 Å². The molecule has 0 radical (unpaired) electrons. The smallest absolute Gasteiger partial charge is 0.252 e. The van der Waals surface area contributed by atoms with Crippen LogP contribution in [-0.4, -0.2) is 5.91 Å². The first-order valence-electron chi connectivity index (χ1n) is 5.09. The van der Waals surface area contributed by atoms with Crippen molar-refractivity contribution in [3.05, 3.63) is 57.0 Å². The highest BCUT2D eigenvalue weighted by Gasteiger charge is 2.10. The molecule has 0 atom stereocenters. The predicted octanol–water partition coefficient (Wildman–Crippen LogP) is 4.10. The molecule has 2 N–H and O–H groups in total. The van der Waals surface area contributed by atoms with Crippen molar-refractivity contribution < 1.29 is 9.53 Å². The second kappa shape index (κ2) is 5.54. The standard InChI is InChI=1S/C13H9Br2NO2/c14-8-1-4-10(5-2-8)18-12-6-3-9(15)7-11(12)13(16)17/h1-7H,(H2,16,17). The lowest BCUT2D eigenvalue weighted by molar-refractivity contribution is 0.0998. The molecule has 0 saturated heterocycles. The van der Waals surface area contributed by atoms with E-state index in [1.165, 1.54) is 0 Å². The van der Waals surface area contributed by atoms with Crippen molar-refractivity contribution >= 4 is 37.8 Å². The highest BCUT2D eigenvalue weighted by molar-refractivity contribution is 9.10. The molecule has 2 aromatic rings. The van der Waals surface area contributed by atoms with Crippen LogP contribution in [0.25, 0.3) is 0 Å². The lowest BCUT2D eigenvalue weighted by Crippen LogP contribution is -2.12. The molecule has 0 spiro atoms. The first kappa shape index (κ1) is 13.1. The Bertz CT molecular complexity index is 582. The Morgan fingerprint density at radius 1 is 1.00 bits per heavy atom. The molecular weight excluding hydrogens is 362 g/mol. The fourth-order valence-corrected chi connectivity index (χ4v) is 2.04. The van der Waals surface area contributed by atoms with Crippen molar-refractivity contribution in [1.29, 1.82) is 0 Å². The fraction of sp³-hybridized carbons (Fsp3) is 0. The minimum atomic E-state index is -0.525. The van der Waals surface area contributed by atoms with Crippen molar-refractivity contribution in [2.45, 2.75) is 0 Å². The molecule has 0 aliphatic rings. The molecular formula is C13H9Br2NO2. The first-order valence-corrected chi connectivity index (χ1v) is 6.67. The molecule has 0 heterocycles. The maximum absolute atomic E-state index is 11.3. The molecule has 2 aromatic carbocycles. The van der Waals surface area contributed by atoms with Gasteiger partial charge in [0.25, 0.3) is 5.91 Å². The van der Waals surface area contributed by atoms with E-state index in [-0.39, 0.29) is 0 Å². The number of primary amides is 1. The molecule has 0 aliphatic carbocycles. The number of nitrogens with two attached hydrogens (primary N) is 1. The Balaban J connectivity index is 2.34. The Kier molecular flexibility index (Phi) is 4.04. The van der Waals surface area contributed by atoms with Crippen molar-refractivity contribution in [3.8, 4) is 11.5 Å². The van der Waals surface area contributed by atoms with E-state index in [4.69, 9.17) is 10.5 Å². The van der Waals surface area contributed by atoms with Crippen LogP contribution in [0, 0.1) is 0 Å². The third kappa shape index (κ3) is 3.11. The summed E-state index contributed by atoms with van der Waals surface area (Å²) < 4.78 is 7.37. The van der Waals surface area contributed by atoms with Crippen molar-refractivity contribution in [1.82, 2.24) is 0 Å². The van der Waals surface area contributed by atoms with Gasteiger partial charge < -0.3 is 10.5 Å². The van der Waals surface area contributed by atoms with Crippen LogP contribution in [0.15, 0.2) is 51.4 Å². The molecule has 3 nitrogen and oxygen atoms in total. The van der Waals surface area contributed by atoms with Gasteiger partial charge in [0, 0.05) is 8.95 Å². The van der Waals surface area contributed by atoms with Gasteiger partial charge in [0.1, 0.15) is 11.5 Å². The zero-order valence-electron chi connectivity index (χ0n) is 9.19. The van der Waals surface area contributed by atoms with Crippen LogP contribution in [0.5, 0.6) is 11.5 Å². The summed E-state index contributed by atoms with van der Waals surface area (Å²) in [6, 6.07) is 12.5. The minimum Gasteiger partial charge on any atom is -0.457 e. The molecule has 0 aliphatic heterocycles. The number of carbonyl (C=O) groups is 1. The van der Waals surface area contributed by atoms with Gasteiger partial charge in [0.15, 0.2) is 0 Å². The van der Waals surface area contributed by atoms with Gasteiger partial charge in [-0.15, -0.1) is 0 Å². The van der Waals surface area contributed by atoms with Crippen LogP contribution in [0.4, 0.5) is 0 Å². The van der Waals surface area contributed by atoms with E-state index in [1.54, 1.807) is 30.3 Å². The number of ether oxygens (including phenoxy) is 1. The van der Waals surface area contributed by atoms with Crippen LogP contribution < -0.4 is 10.5 Å². The zero-order valence-corrected chi connectivity index (χ0v) is 12.4. The predicted molar refractivity (Wildman–Crippen MR) is 76.9 cm³/mol. The van der Waals surface area contributed by atoms with Crippen LogP contribution >= 0.6 is 31.9 Å². The molecule has 0 bridgehead atoms. The summed E-state index contributed by atoms with van der Waals surface area (Å²) in [6.45, 7) is 0. The minimum absolute atomic E-state index is 0.340. The van der Waals surface area contributed by atoms with Gasteiger partial charge in [-0.1, -0.05) is 31.9 Å². The zero-order chi connectivity index (χ0) is 13.1. The van der Waals surface area contributed by atoms with E-state index < -0.39 is 5.91 Å². The first-order chi connectivity index (χ1) is 8.56. The molecule has 0 unspecified atom stereocenters. The number of rotatable bonds is 3. The number of carbonyl (C=O) groups excluding carboxylic acids is 1. The van der Waals surface area contributed by atoms with Crippen LogP contribution in [0.2, 0.25) is 0 Å². The number of halogens is 2. The summed E-state index contributed by atoms with van der Waals surface area (Å²) in [5.74, 6) is 0.555. The van der Waals surface area contributed by atoms with Gasteiger partial charge in [-0.3, -0.25) is 4.79 Å². The number of amides is 1. The Morgan fingerprint density at radius 3 is 2.22 bits per heavy atom. The highest BCUT2D eigenvalue weighted by atomic mass is 79.9. The lowest BCUT2D eigenvalue weighted by atomic mass is 10.2. The summed E-state index contributed by atoms with van der Waals surface area (Å²) >= 11 is 6.63. The highest BCUT2D eigenvalue weighted by Crippen LogP contribution is 2.28. The quantitative estimate of drug-likeness (QED) is 0.884. The van der Waals surface area contributed by atoms with Crippen molar-refractivity contribution in [2.24, 2.45) is 5.73 Å². The Labute approximate surface area is 121 Å². The van der Waals surface area contributed by atoms with Crippen LogP contribution in [0.1, 0.15) is 10.4 Å². The fourth-order valence-electron chi connectivity index (χ4n) is 1.41. The Hall–Kier alpha value is -1.33. The van der Waals surface area contributed by atoms with Crippen LogP contribution in [0.3, 0.4) is 0 Å². The normalized spacial score (nSPS) is 10.1. The van der Waals surface area contributed by atoms with E-state index in [0.717, 1.165) is 8.95 Å². The van der Waals surface area contributed by atoms with Crippen LogP contribution in [-0.2, 0) is 0 Å². The summed E-state index contributed by atoms with van der Waals surface area (Å²) in [6.07, 6.45) is 0. The monoisotopic (exact) mass is 369 g/mol. The average Bonchev–Trinajstić information content (AvgIpc) is 2.34. The van der Waals surface area contributed by atoms with Gasteiger partial charge >= 0.3 is 0 Å².